The number of carbonyl (C=O) groups excluding carboxylic acids is 1. The van der Waals surface area contributed by atoms with Crippen molar-refractivity contribution in [2.45, 2.75) is 38.0 Å². The standard InChI is InChI=1S/C24H26F3N5O3/c25-24(26,27)35-16-1-2-18(19(28)12-16)23(33)32-8-4-15(5-9-32)17-3-7-29-22-21(17)30-20(31-22)11-14-6-10-34-13-14/h1-3,7,12,14-15H,4-6,8-11,13,28H2,(H,29,30,31)/t14-/m0/s1. The Kier molecular flexibility index (Phi) is 6.26. The molecule has 1 amide bonds. The highest BCUT2D eigenvalue weighted by Gasteiger charge is 2.32. The number of benzene rings is 1. The fourth-order valence-electron chi connectivity index (χ4n) is 4.93. The van der Waals surface area contributed by atoms with E-state index in [2.05, 4.69) is 19.7 Å². The van der Waals surface area contributed by atoms with Gasteiger partial charge in [-0.05, 0) is 54.9 Å². The Labute approximate surface area is 199 Å². The van der Waals surface area contributed by atoms with Crippen LogP contribution in [0.1, 0.15) is 46.9 Å². The topological polar surface area (TPSA) is 106 Å². The summed E-state index contributed by atoms with van der Waals surface area (Å²) in [5.74, 6) is 0.854. The summed E-state index contributed by atoms with van der Waals surface area (Å²) in [6.45, 7) is 2.57. The van der Waals surface area contributed by atoms with E-state index >= 15 is 0 Å². The monoisotopic (exact) mass is 489 g/mol. The molecule has 0 saturated carbocycles. The van der Waals surface area contributed by atoms with Crippen molar-refractivity contribution in [2.75, 3.05) is 32.0 Å². The summed E-state index contributed by atoms with van der Waals surface area (Å²) in [5, 5.41) is 0. The number of carbonyl (C=O) groups is 1. The number of pyridine rings is 1. The number of alkyl halides is 3. The van der Waals surface area contributed by atoms with E-state index in [-0.39, 0.29) is 23.1 Å². The number of anilines is 1. The molecule has 2 fully saturated rings. The summed E-state index contributed by atoms with van der Waals surface area (Å²) in [5.41, 5.74) is 8.76. The van der Waals surface area contributed by atoms with Crippen LogP contribution < -0.4 is 10.5 Å². The molecule has 186 valence electrons. The number of nitrogens with one attached hydrogen (secondary N) is 1. The Bertz CT molecular complexity index is 1210. The molecule has 0 unspecified atom stereocenters. The number of amides is 1. The summed E-state index contributed by atoms with van der Waals surface area (Å²) >= 11 is 0. The zero-order valence-electron chi connectivity index (χ0n) is 19.0. The van der Waals surface area contributed by atoms with E-state index in [1.165, 1.54) is 6.07 Å². The first kappa shape index (κ1) is 23.4. The number of aromatic nitrogens is 3. The molecule has 11 heteroatoms. The smallest absolute Gasteiger partial charge is 0.406 e. The summed E-state index contributed by atoms with van der Waals surface area (Å²) in [4.78, 5) is 27.2. The largest absolute Gasteiger partial charge is 0.573 e. The van der Waals surface area contributed by atoms with Gasteiger partial charge in [-0.3, -0.25) is 4.79 Å². The molecule has 0 aliphatic carbocycles. The van der Waals surface area contributed by atoms with Gasteiger partial charge in [-0.1, -0.05) is 0 Å². The third-order valence-electron chi connectivity index (χ3n) is 6.69. The fourth-order valence-corrected chi connectivity index (χ4v) is 4.93. The molecule has 2 aliphatic rings. The molecule has 2 saturated heterocycles. The van der Waals surface area contributed by atoms with Gasteiger partial charge in [0.05, 0.1) is 11.1 Å². The zero-order valence-corrected chi connectivity index (χ0v) is 19.0. The summed E-state index contributed by atoms with van der Waals surface area (Å²) in [6.07, 6.45) is 0.293. The normalized spacial score (nSPS) is 19.4. The maximum Gasteiger partial charge on any atom is 0.573 e. The predicted octanol–water partition coefficient (Wildman–Crippen LogP) is 4.04. The van der Waals surface area contributed by atoms with Gasteiger partial charge in [0.2, 0.25) is 0 Å². The number of imidazole rings is 1. The van der Waals surface area contributed by atoms with Crippen molar-refractivity contribution in [3.63, 3.8) is 0 Å². The molecule has 35 heavy (non-hydrogen) atoms. The molecule has 2 aromatic heterocycles. The van der Waals surface area contributed by atoms with Crippen molar-refractivity contribution in [2.24, 2.45) is 5.92 Å². The van der Waals surface area contributed by atoms with E-state index in [1.807, 2.05) is 6.07 Å². The van der Waals surface area contributed by atoms with Gasteiger partial charge in [-0.15, -0.1) is 13.2 Å². The lowest BCUT2D eigenvalue weighted by Gasteiger charge is -2.32. The van der Waals surface area contributed by atoms with Crippen LogP contribution in [0.2, 0.25) is 0 Å². The van der Waals surface area contributed by atoms with Gasteiger partial charge in [0, 0.05) is 50.7 Å². The second kappa shape index (κ2) is 9.37. The molecular weight excluding hydrogens is 463 g/mol. The van der Waals surface area contributed by atoms with Crippen molar-refractivity contribution in [3.8, 4) is 5.75 Å². The molecular formula is C24H26F3N5O3. The molecule has 0 radical (unpaired) electrons. The minimum atomic E-state index is -4.82. The second-order valence-electron chi connectivity index (χ2n) is 9.08. The molecule has 3 N–H and O–H groups in total. The molecule has 1 aromatic carbocycles. The van der Waals surface area contributed by atoms with Gasteiger partial charge >= 0.3 is 6.36 Å². The number of rotatable bonds is 5. The van der Waals surface area contributed by atoms with E-state index in [1.54, 1.807) is 11.1 Å². The first-order valence-corrected chi connectivity index (χ1v) is 11.6. The number of H-pyrrole nitrogens is 1. The van der Waals surface area contributed by atoms with Crippen molar-refractivity contribution in [1.82, 2.24) is 19.9 Å². The van der Waals surface area contributed by atoms with Crippen LogP contribution in [-0.2, 0) is 11.2 Å². The predicted molar refractivity (Wildman–Crippen MR) is 122 cm³/mol. The lowest BCUT2D eigenvalue weighted by atomic mass is 9.89. The third kappa shape index (κ3) is 5.19. The van der Waals surface area contributed by atoms with E-state index in [9.17, 15) is 18.0 Å². The molecule has 5 rings (SSSR count). The number of hydrogen-bond acceptors (Lipinski definition) is 6. The van der Waals surface area contributed by atoms with Crippen LogP contribution in [0.3, 0.4) is 0 Å². The number of fused-ring (bicyclic) bond motifs is 1. The van der Waals surface area contributed by atoms with Crippen molar-refractivity contribution >= 4 is 22.8 Å². The van der Waals surface area contributed by atoms with Crippen LogP contribution >= 0.6 is 0 Å². The van der Waals surface area contributed by atoms with Crippen LogP contribution in [0.15, 0.2) is 30.5 Å². The summed E-state index contributed by atoms with van der Waals surface area (Å²) in [7, 11) is 0. The minimum Gasteiger partial charge on any atom is -0.406 e. The highest BCUT2D eigenvalue weighted by Crippen LogP contribution is 2.33. The number of piperidine rings is 1. The second-order valence-corrected chi connectivity index (χ2v) is 9.08. The summed E-state index contributed by atoms with van der Waals surface area (Å²) in [6, 6.07) is 5.40. The van der Waals surface area contributed by atoms with Crippen LogP contribution in [0.5, 0.6) is 5.75 Å². The Morgan fingerprint density at radius 3 is 2.71 bits per heavy atom. The molecule has 0 bridgehead atoms. The maximum absolute atomic E-state index is 13.0. The molecule has 1 atom stereocenters. The van der Waals surface area contributed by atoms with Gasteiger partial charge in [0.25, 0.3) is 5.91 Å². The molecule has 4 heterocycles. The molecule has 3 aromatic rings. The number of hydrogen-bond donors (Lipinski definition) is 2. The van der Waals surface area contributed by atoms with Gasteiger partial charge in [-0.25, -0.2) is 9.97 Å². The molecule has 8 nitrogen and oxygen atoms in total. The van der Waals surface area contributed by atoms with E-state index in [4.69, 9.17) is 10.5 Å². The Morgan fingerprint density at radius 1 is 1.23 bits per heavy atom. The number of ether oxygens (including phenoxy) is 2. The third-order valence-corrected chi connectivity index (χ3v) is 6.69. The highest BCUT2D eigenvalue weighted by molar-refractivity contribution is 5.99. The van der Waals surface area contributed by atoms with Crippen LogP contribution in [0.25, 0.3) is 11.2 Å². The number of likely N-dealkylation sites (tertiary alicyclic amines) is 1. The number of nitrogens with two attached hydrogens (primary N) is 1. The number of halogens is 3. The number of nitrogen functional groups attached to an aromatic ring is 1. The summed E-state index contributed by atoms with van der Waals surface area (Å²) < 4.78 is 46.7. The average Bonchev–Trinajstić information content (AvgIpc) is 3.47. The Morgan fingerprint density at radius 2 is 2.03 bits per heavy atom. The van der Waals surface area contributed by atoms with Gasteiger partial charge < -0.3 is 25.1 Å². The molecule has 2 aliphatic heterocycles. The lowest BCUT2D eigenvalue weighted by Crippen LogP contribution is -2.38. The first-order valence-electron chi connectivity index (χ1n) is 11.6. The van der Waals surface area contributed by atoms with Crippen LogP contribution in [0, 0.1) is 5.92 Å². The first-order chi connectivity index (χ1) is 16.8. The highest BCUT2D eigenvalue weighted by atomic mass is 19.4. The maximum atomic E-state index is 13.0. The Balaban J connectivity index is 1.25. The van der Waals surface area contributed by atoms with E-state index in [0.717, 1.165) is 67.9 Å². The van der Waals surface area contributed by atoms with E-state index < -0.39 is 12.1 Å². The van der Waals surface area contributed by atoms with Crippen LogP contribution in [-0.4, -0.2) is 58.4 Å². The SMILES string of the molecule is Nc1cc(OC(F)(F)F)ccc1C(=O)N1CCC(c2ccnc3nc(C[C@@H]4CCOC4)[nH]c23)CC1. The van der Waals surface area contributed by atoms with Crippen molar-refractivity contribution < 1.29 is 27.4 Å². The quantitative estimate of drug-likeness (QED) is 0.524. The molecule has 0 spiro atoms. The fraction of sp³-hybridized carbons (Fsp3) is 0.458. The Hall–Kier alpha value is -3.34. The number of aromatic amines is 1. The van der Waals surface area contributed by atoms with Gasteiger partial charge in [0.1, 0.15) is 11.6 Å². The number of nitrogens with zero attached hydrogens (tertiary/aromatic N) is 3. The average molecular weight is 489 g/mol. The van der Waals surface area contributed by atoms with Crippen LogP contribution in [0.4, 0.5) is 18.9 Å². The minimum absolute atomic E-state index is 0.0487. The van der Waals surface area contributed by atoms with Gasteiger partial charge in [-0.2, -0.15) is 0 Å². The van der Waals surface area contributed by atoms with E-state index in [0.29, 0.717) is 24.7 Å². The lowest BCUT2D eigenvalue weighted by molar-refractivity contribution is -0.274. The zero-order chi connectivity index (χ0) is 24.6. The van der Waals surface area contributed by atoms with Gasteiger partial charge in [0.15, 0.2) is 5.65 Å². The van der Waals surface area contributed by atoms with Crippen molar-refractivity contribution in [1.29, 1.82) is 0 Å². The van der Waals surface area contributed by atoms with Crippen molar-refractivity contribution in [3.05, 3.63) is 47.4 Å².